The van der Waals surface area contributed by atoms with E-state index < -0.39 is 0 Å². The van der Waals surface area contributed by atoms with E-state index in [1.165, 1.54) is 0 Å². The van der Waals surface area contributed by atoms with Crippen LogP contribution in [0.5, 0.6) is 0 Å². The van der Waals surface area contributed by atoms with E-state index in [1.807, 2.05) is 49.1 Å². The van der Waals surface area contributed by atoms with Crippen molar-refractivity contribution in [3.63, 3.8) is 0 Å². The minimum absolute atomic E-state index is 0.299. The third kappa shape index (κ3) is 3.63. The molecule has 1 atom stereocenters. The zero-order chi connectivity index (χ0) is 12.8. The van der Waals surface area contributed by atoms with Crippen LogP contribution in [0.25, 0.3) is 0 Å². The van der Waals surface area contributed by atoms with E-state index in [0.29, 0.717) is 5.57 Å². The zero-order valence-electron chi connectivity index (χ0n) is 10.6. The van der Waals surface area contributed by atoms with Gasteiger partial charge in [0.2, 0.25) is 0 Å². The minimum atomic E-state index is -0.355. The number of carbonyl (C=O) groups is 1. The first-order valence-electron chi connectivity index (χ1n) is 5.74. The molecule has 0 aliphatic rings. The summed E-state index contributed by atoms with van der Waals surface area (Å²) < 4.78 is 5.31. The summed E-state index contributed by atoms with van der Waals surface area (Å²) >= 11 is 0. The first kappa shape index (κ1) is 13.3. The Labute approximate surface area is 103 Å². The van der Waals surface area contributed by atoms with Gasteiger partial charge in [-0.05, 0) is 32.9 Å². The zero-order valence-corrected chi connectivity index (χ0v) is 10.6. The van der Waals surface area contributed by atoms with Gasteiger partial charge < -0.3 is 9.64 Å². The first-order valence-corrected chi connectivity index (χ1v) is 5.74. The van der Waals surface area contributed by atoms with Crippen LogP contribution in [0, 0.1) is 0 Å². The normalized spacial score (nSPS) is 11.7. The van der Waals surface area contributed by atoms with E-state index in [2.05, 4.69) is 6.58 Å². The molecule has 0 bridgehead atoms. The Morgan fingerprint density at radius 3 is 2.47 bits per heavy atom. The summed E-state index contributed by atoms with van der Waals surface area (Å²) in [5, 5.41) is 0. The number of carbonyl (C=O) groups excluding carboxylic acids is 1. The molecule has 0 spiro atoms. The lowest BCUT2D eigenvalue weighted by Crippen LogP contribution is -2.36. The van der Waals surface area contributed by atoms with Crippen molar-refractivity contribution >= 4 is 11.7 Å². The van der Waals surface area contributed by atoms with Crippen LogP contribution in [0.3, 0.4) is 0 Å². The van der Waals surface area contributed by atoms with Gasteiger partial charge in [0.15, 0.2) is 6.23 Å². The van der Waals surface area contributed by atoms with Crippen molar-refractivity contribution in [3.05, 3.63) is 42.5 Å². The molecule has 0 fully saturated rings. The third-order valence-electron chi connectivity index (χ3n) is 2.49. The van der Waals surface area contributed by atoms with Crippen molar-refractivity contribution in [1.82, 2.24) is 0 Å². The Morgan fingerprint density at radius 1 is 1.41 bits per heavy atom. The Hall–Kier alpha value is -1.77. The predicted octanol–water partition coefficient (Wildman–Crippen LogP) is 2.98. The largest absolute Gasteiger partial charge is 0.439 e. The van der Waals surface area contributed by atoms with Crippen LogP contribution >= 0.6 is 0 Å². The summed E-state index contributed by atoms with van der Waals surface area (Å²) in [7, 11) is 0. The molecule has 1 rings (SSSR count). The molecule has 1 aromatic rings. The van der Waals surface area contributed by atoms with Crippen molar-refractivity contribution in [2.24, 2.45) is 0 Å². The number of hydrogen-bond acceptors (Lipinski definition) is 3. The number of benzene rings is 1. The fourth-order valence-corrected chi connectivity index (χ4v) is 1.59. The molecule has 0 amide bonds. The number of rotatable bonds is 5. The standard InChI is InChI=1S/C14H19NO2/c1-5-15(13-9-7-6-8-10-13)12(4)17-14(16)11(2)3/h6-10,12H,2,5H2,1,3-4H3. The summed E-state index contributed by atoms with van der Waals surface area (Å²) in [6.45, 7) is 9.88. The Morgan fingerprint density at radius 2 is 2.00 bits per heavy atom. The van der Waals surface area contributed by atoms with E-state index in [0.717, 1.165) is 12.2 Å². The van der Waals surface area contributed by atoms with E-state index >= 15 is 0 Å². The molecule has 0 heterocycles. The predicted molar refractivity (Wildman–Crippen MR) is 69.8 cm³/mol. The summed E-state index contributed by atoms with van der Waals surface area (Å²) in [4.78, 5) is 13.5. The van der Waals surface area contributed by atoms with Crippen molar-refractivity contribution in [1.29, 1.82) is 0 Å². The molecule has 0 saturated carbocycles. The highest BCUT2D eigenvalue weighted by molar-refractivity contribution is 5.87. The second-order valence-corrected chi connectivity index (χ2v) is 3.91. The maximum Gasteiger partial charge on any atom is 0.335 e. The van der Waals surface area contributed by atoms with Gasteiger partial charge in [0, 0.05) is 17.8 Å². The Bertz CT molecular complexity index is 386. The fraction of sp³-hybridized carbons (Fsp3) is 0.357. The smallest absolute Gasteiger partial charge is 0.335 e. The molecule has 1 aromatic carbocycles. The van der Waals surface area contributed by atoms with Gasteiger partial charge in [0.05, 0.1) is 0 Å². The molecule has 0 saturated heterocycles. The van der Waals surface area contributed by atoms with Gasteiger partial charge in [0.25, 0.3) is 0 Å². The van der Waals surface area contributed by atoms with Crippen LogP contribution in [0.1, 0.15) is 20.8 Å². The number of nitrogens with zero attached hydrogens (tertiary/aromatic N) is 1. The fourth-order valence-electron chi connectivity index (χ4n) is 1.59. The second-order valence-electron chi connectivity index (χ2n) is 3.91. The van der Waals surface area contributed by atoms with Crippen LogP contribution in [0.4, 0.5) is 5.69 Å². The van der Waals surface area contributed by atoms with Gasteiger partial charge in [-0.3, -0.25) is 0 Å². The minimum Gasteiger partial charge on any atom is -0.439 e. The second kappa shape index (κ2) is 6.09. The lowest BCUT2D eigenvalue weighted by atomic mass is 10.3. The molecule has 92 valence electrons. The number of anilines is 1. The summed E-state index contributed by atoms with van der Waals surface area (Å²) in [5.74, 6) is -0.355. The highest BCUT2D eigenvalue weighted by atomic mass is 16.6. The molecule has 0 radical (unpaired) electrons. The highest BCUT2D eigenvalue weighted by Gasteiger charge is 2.16. The summed E-state index contributed by atoms with van der Waals surface area (Å²) in [6.07, 6.45) is -0.299. The molecular formula is C14H19NO2. The maximum absolute atomic E-state index is 11.5. The molecule has 3 nitrogen and oxygen atoms in total. The number of para-hydroxylation sites is 1. The molecule has 0 N–H and O–H groups in total. The van der Waals surface area contributed by atoms with Crippen molar-refractivity contribution in [2.45, 2.75) is 27.0 Å². The lowest BCUT2D eigenvalue weighted by Gasteiger charge is -2.29. The van der Waals surface area contributed by atoms with Gasteiger partial charge >= 0.3 is 5.97 Å². The molecule has 17 heavy (non-hydrogen) atoms. The van der Waals surface area contributed by atoms with Crippen molar-refractivity contribution < 1.29 is 9.53 Å². The Kier molecular flexibility index (Phi) is 4.76. The summed E-state index contributed by atoms with van der Waals surface area (Å²) in [6, 6.07) is 9.88. The Balaban J connectivity index is 2.75. The quantitative estimate of drug-likeness (QED) is 0.445. The summed E-state index contributed by atoms with van der Waals surface area (Å²) in [5.41, 5.74) is 1.46. The van der Waals surface area contributed by atoms with Crippen LogP contribution in [-0.4, -0.2) is 18.7 Å². The van der Waals surface area contributed by atoms with E-state index in [1.54, 1.807) is 6.92 Å². The first-order chi connectivity index (χ1) is 8.06. The molecule has 0 aliphatic heterocycles. The third-order valence-corrected chi connectivity index (χ3v) is 2.49. The van der Waals surface area contributed by atoms with Crippen LogP contribution < -0.4 is 4.90 Å². The van der Waals surface area contributed by atoms with Gasteiger partial charge in [-0.25, -0.2) is 4.79 Å². The van der Waals surface area contributed by atoms with Crippen LogP contribution in [-0.2, 0) is 9.53 Å². The lowest BCUT2D eigenvalue weighted by molar-refractivity contribution is -0.143. The van der Waals surface area contributed by atoms with E-state index in [-0.39, 0.29) is 12.2 Å². The van der Waals surface area contributed by atoms with Crippen molar-refractivity contribution in [3.8, 4) is 0 Å². The van der Waals surface area contributed by atoms with Gasteiger partial charge in [-0.15, -0.1) is 0 Å². The molecular weight excluding hydrogens is 214 g/mol. The van der Waals surface area contributed by atoms with Crippen LogP contribution in [0.2, 0.25) is 0 Å². The molecule has 0 aromatic heterocycles. The topological polar surface area (TPSA) is 29.5 Å². The molecule has 3 heteroatoms. The maximum atomic E-state index is 11.5. The van der Waals surface area contributed by atoms with E-state index in [9.17, 15) is 4.79 Å². The van der Waals surface area contributed by atoms with Gasteiger partial charge in [0.1, 0.15) is 0 Å². The number of ether oxygens (including phenoxy) is 1. The average Bonchev–Trinajstić information content (AvgIpc) is 2.31. The van der Waals surface area contributed by atoms with Gasteiger partial charge in [-0.2, -0.15) is 0 Å². The van der Waals surface area contributed by atoms with E-state index in [4.69, 9.17) is 4.74 Å². The van der Waals surface area contributed by atoms with Crippen LogP contribution in [0.15, 0.2) is 42.5 Å². The number of hydrogen-bond donors (Lipinski definition) is 0. The SMILES string of the molecule is C=C(C)C(=O)OC(C)N(CC)c1ccccc1. The number of esters is 1. The monoisotopic (exact) mass is 233 g/mol. The molecule has 0 aliphatic carbocycles. The van der Waals surface area contributed by atoms with Gasteiger partial charge in [-0.1, -0.05) is 24.8 Å². The molecule has 1 unspecified atom stereocenters. The average molecular weight is 233 g/mol. The highest BCUT2D eigenvalue weighted by Crippen LogP contribution is 2.17. The van der Waals surface area contributed by atoms with Crippen molar-refractivity contribution in [2.75, 3.05) is 11.4 Å².